The zero-order chi connectivity index (χ0) is 21.1. The van der Waals surface area contributed by atoms with Crippen molar-refractivity contribution in [3.63, 3.8) is 0 Å². The van der Waals surface area contributed by atoms with E-state index in [0.717, 1.165) is 12.0 Å². The monoisotopic (exact) mass is 543 g/mol. The normalized spacial score (nSPS) is 18.8. The zero-order valence-electron chi connectivity index (χ0n) is 17.5. The molecule has 0 aromatic heterocycles. The van der Waals surface area contributed by atoms with Crippen LogP contribution in [-0.4, -0.2) is 64.2 Å². The number of hydrogen-bond donors (Lipinski definition) is 3. The van der Waals surface area contributed by atoms with Crippen molar-refractivity contribution in [2.45, 2.75) is 32.8 Å². The zero-order valence-corrected chi connectivity index (χ0v) is 19.8. The van der Waals surface area contributed by atoms with E-state index in [1.165, 1.54) is 7.11 Å². The summed E-state index contributed by atoms with van der Waals surface area (Å²) in [5.74, 6) is 0.965. The van der Waals surface area contributed by atoms with Gasteiger partial charge in [0.1, 0.15) is 0 Å². The molecule has 0 radical (unpaired) electrons. The molecule has 172 valence electrons. The molecule has 0 spiro atoms. The Morgan fingerprint density at radius 3 is 2.73 bits per heavy atom. The third-order valence-electron chi connectivity index (χ3n) is 4.89. The van der Waals surface area contributed by atoms with Crippen LogP contribution in [0.25, 0.3) is 0 Å². The molecule has 1 saturated heterocycles. The highest BCUT2D eigenvalue weighted by Crippen LogP contribution is 2.32. The number of aliphatic imine (C=N–C) groups is 1. The summed E-state index contributed by atoms with van der Waals surface area (Å²) in [4.78, 5) is 4.66. The number of hydrogen-bond acceptors (Lipinski definition) is 5. The maximum absolute atomic E-state index is 12.6. The average molecular weight is 543 g/mol. The maximum Gasteiger partial charge on any atom is 0.387 e. The molecule has 3 N–H and O–H groups in total. The molecular weight excluding hydrogens is 511 g/mol. The highest BCUT2D eigenvalue weighted by molar-refractivity contribution is 14.0. The van der Waals surface area contributed by atoms with Crippen molar-refractivity contribution in [3.05, 3.63) is 23.8 Å². The first-order chi connectivity index (χ1) is 14.0. The van der Waals surface area contributed by atoms with Gasteiger partial charge in [-0.3, -0.25) is 4.99 Å². The molecular formula is C20H32F2IN3O4. The van der Waals surface area contributed by atoms with Gasteiger partial charge in [0.2, 0.25) is 0 Å². The third-order valence-corrected chi connectivity index (χ3v) is 4.89. The summed E-state index contributed by atoms with van der Waals surface area (Å²) in [6.45, 7) is 2.34. The second kappa shape index (κ2) is 13.8. The van der Waals surface area contributed by atoms with Crippen LogP contribution in [0.15, 0.2) is 23.2 Å². The lowest BCUT2D eigenvalue weighted by molar-refractivity contribution is -0.0512. The first-order valence-corrected chi connectivity index (χ1v) is 9.84. The van der Waals surface area contributed by atoms with E-state index in [1.807, 2.05) is 13.0 Å². The van der Waals surface area contributed by atoms with Crippen LogP contribution in [0.2, 0.25) is 0 Å². The van der Waals surface area contributed by atoms with E-state index in [9.17, 15) is 13.9 Å². The lowest BCUT2D eigenvalue weighted by atomic mass is 9.84. The summed E-state index contributed by atoms with van der Waals surface area (Å²) in [7, 11) is 1.41. The van der Waals surface area contributed by atoms with Crippen LogP contribution in [0.5, 0.6) is 11.5 Å². The molecule has 1 aliphatic heterocycles. The number of ether oxygens (including phenoxy) is 3. The number of halogens is 3. The molecule has 1 atom stereocenters. The van der Waals surface area contributed by atoms with Crippen molar-refractivity contribution in [1.29, 1.82) is 0 Å². The third kappa shape index (κ3) is 8.38. The van der Waals surface area contributed by atoms with Gasteiger partial charge in [-0.25, -0.2) is 0 Å². The molecule has 1 aromatic carbocycles. The number of methoxy groups -OCH3 is 1. The standard InChI is InChI=1S/C20H31F2N3O4.HI/c1-3-23-19(25-13-20(7-10-26)8-11-28-14-20)24-9-6-15-4-5-16(27-2)17(12-15)29-18(21)22;/h4-5,12,18,26H,3,6-11,13-14H2,1-2H3,(H2,23,24,25);1H. The average Bonchev–Trinajstić information content (AvgIpc) is 3.15. The second-order valence-corrected chi connectivity index (χ2v) is 7.01. The van der Waals surface area contributed by atoms with E-state index < -0.39 is 6.61 Å². The van der Waals surface area contributed by atoms with Crippen LogP contribution in [0, 0.1) is 5.41 Å². The molecule has 1 aliphatic rings. The molecule has 1 heterocycles. The number of nitrogens with one attached hydrogen (secondary N) is 2. The Bertz CT molecular complexity index is 659. The Labute approximate surface area is 193 Å². The van der Waals surface area contributed by atoms with Gasteiger partial charge in [0.15, 0.2) is 17.5 Å². The predicted octanol–water partition coefficient (Wildman–Crippen LogP) is 2.80. The van der Waals surface area contributed by atoms with Crippen molar-refractivity contribution in [2.75, 3.05) is 46.6 Å². The highest BCUT2D eigenvalue weighted by atomic mass is 127. The fourth-order valence-corrected chi connectivity index (χ4v) is 3.27. The van der Waals surface area contributed by atoms with Gasteiger partial charge in [0, 0.05) is 31.7 Å². The molecule has 1 aromatic rings. The van der Waals surface area contributed by atoms with Crippen molar-refractivity contribution in [3.8, 4) is 11.5 Å². The summed E-state index contributed by atoms with van der Waals surface area (Å²) in [6.07, 6.45) is 2.14. The van der Waals surface area contributed by atoms with Crippen LogP contribution in [0.1, 0.15) is 25.3 Å². The highest BCUT2D eigenvalue weighted by Gasteiger charge is 2.34. The largest absolute Gasteiger partial charge is 0.493 e. The van der Waals surface area contributed by atoms with E-state index in [2.05, 4.69) is 20.4 Å². The number of aliphatic hydroxyl groups is 1. The van der Waals surface area contributed by atoms with Crippen LogP contribution in [-0.2, 0) is 11.2 Å². The van der Waals surface area contributed by atoms with Crippen LogP contribution < -0.4 is 20.1 Å². The Morgan fingerprint density at radius 1 is 1.33 bits per heavy atom. The van der Waals surface area contributed by atoms with Gasteiger partial charge in [0.05, 0.1) is 20.3 Å². The van der Waals surface area contributed by atoms with Crippen LogP contribution >= 0.6 is 24.0 Å². The van der Waals surface area contributed by atoms with Gasteiger partial charge >= 0.3 is 6.61 Å². The fraction of sp³-hybridized carbons (Fsp3) is 0.650. The fourth-order valence-electron chi connectivity index (χ4n) is 3.27. The molecule has 0 amide bonds. The Balaban J connectivity index is 0.00000450. The van der Waals surface area contributed by atoms with E-state index in [1.54, 1.807) is 12.1 Å². The van der Waals surface area contributed by atoms with Crippen molar-refractivity contribution in [1.82, 2.24) is 10.6 Å². The first-order valence-electron chi connectivity index (χ1n) is 9.84. The molecule has 0 bridgehead atoms. The molecule has 7 nitrogen and oxygen atoms in total. The predicted molar refractivity (Wildman–Crippen MR) is 122 cm³/mol. The number of guanidine groups is 1. The van der Waals surface area contributed by atoms with E-state index in [0.29, 0.717) is 51.6 Å². The topological polar surface area (TPSA) is 84.3 Å². The van der Waals surface area contributed by atoms with Crippen molar-refractivity contribution in [2.24, 2.45) is 10.4 Å². The summed E-state index contributed by atoms with van der Waals surface area (Å²) < 4.78 is 40.2. The van der Waals surface area contributed by atoms with Gasteiger partial charge in [0.25, 0.3) is 0 Å². The van der Waals surface area contributed by atoms with Crippen molar-refractivity contribution < 1.29 is 28.1 Å². The van der Waals surface area contributed by atoms with Crippen molar-refractivity contribution >= 4 is 29.9 Å². The molecule has 2 rings (SSSR count). The Morgan fingerprint density at radius 2 is 2.13 bits per heavy atom. The molecule has 1 fully saturated rings. The molecule has 0 saturated carbocycles. The van der Waals surface area contributed by atoms with Crippen LogP contribution in [0.3, 0.4) is 0 Å². The number of aliphatic hydroxyl groups excluding tert-OH is 1. The first kappa shape index (κ1) is 26.6. The molecule has 30 heavy (non-hydrogen) atoms. The minimum atomic E-state index is -2.91. The number of rotatable bonds is 11. The molecule has 1 unspecified atom stereocenters. The van der Waals surface area contributed by atoms with Gasteiger partial charge < -0.3 is 30.0 Å². The minimum Gasteiger partial charge on any atom is -0.493 e. The summed E-state index contributed by atoms with van der Waals surface area (Å²) in [5, 5.41) is 15.8. The lowest BCUT2D eigenvalue weighted by Gasteiger charge is -2.24. The quantitative estimate of drug-likeness (QED) is 0.226. The number of nitrogens with zero attached hydrogens (tertiary/aromatic N) is 1. The Hall–Kier alpha value is -1.40. The number of alkyl halides is 2. The van der Waals surface area contributed by atoms with E-state index in [4.69, 9.17) is 9.47 Å². The van der Waals surface area contributed by atoms with Gasteiger partial charge in [-0.1, -0.05) is 6.07 Å². The maximum atomic E-state index is 12.6. The van der Waals surface area contributed by atoms with Gasteiger partial charge in [-0.15, -0.1) is 24.0 Å². The SMILES string of the molecule is CCNC(=NCC1(CCO)CCOC1)NCCc1ccc(OC)c(OC(F)F)c1.I. The molecule has 0 aliphatic carbocycles. The minimum absolute atomic E-state index is 0. The van der Waals surface area contributed by atoms with Gasteiger partial charge in [-0.2, -0.15) is 8.78 Å². The van der Waals surface area contributed by atoms with Gasteiger partial charge in [-0.05, 0) is 43.9 Å². The number of benzene rings is 1. The summed E-state index contributed by atoms with van der Waals surface area (Å²) >= 11 is 0. The summed E-state index contributed by atoms with van der Waals surface area (Å²) in [6, 6.07) is 4.99. The smallest absolute Gasteiger partial charge is 0.387 e. The van der Waals surface area contributed by atoms with E-state index >= 15 is 0 Å². The van der Waals surface area contributed by atoms with E-state index in [-0.39, 0.29) is 47.5 Å². The molecule has 10 heteroatoms. The van der Waals surface area contributed by atoms with Crippen LogP contribution in [0.4, 0.5) is 8.78 Å². The summed E-state index contributed by atoms with van der Waals surface area (Å²) in [5.41, 5.74) is 0.722. The second-order valence-electron chi connectivity index (χ2n) is 7.01. The lowest BCUT2D eigenvalue weighted by Crippen LogP contribution is -2.39. The Kier molecular flexibility index (Phi) is 12.3.